The van der Waals surface area contributed by atoms with E-state index in [-0.39, 0.29) is 23.4 Å². The van der Waals surface area contributed by atoms with Crippen LogP contribution in [0.5, 0.6) is 0 Å². The van der Waals surface area contributed by atoms with Crippen LogP contribution in [0.1, 0.15) is 13.8 Å². The Hall–Kier alpha value is -2.12. The van der Waals surface area contributed by atoms with Crippen molar-refractivity contribution in [3.63, 3.8) is 0 Å². The van der Waals surface area contributed by atoms with Gasteiger partial charge < -0.3 is 4.74 Å². The largest absolute Gasteiger partial charge is 0.462 e. The Morgan fingerprint density at radius 3 is 2.75 bits per heavy atom. The minimum atomic E-state index is -0.324. The minimum absolute atomic E-state index is 0.105. The molecule has 0 aliphatic carbocycles. The molecule has 0 saturated heterocycles. The maximum atomic E-state index is 12.8. The fourth-order valence-electron chi connectivity index (χ4n) is 2.22. The summed E-state index contributed by atoms with van der Waals surface area (Å²) >= 11 is 2.62. The van der Waals surface area contributed by atoms with E-state index in [1.807, 2.05) is 35.7 Å². The van der Waals surface area contributed by atoms with Gasteiger partial charge in [0.25, 0.3) is 5.56 Å². The van der Waals surface area contributed by atoms with E-state index >= 15 is 0 Å². The SMILES string of the molecule is CC(C)OC(=O)CSc1nc2sccc2c(=O)n1-c1ccccc1. The minimum Gasteiger partial charge on any atom is -0.462 e. The van der Waals surface area contributed by atoms with Crippen LogP contribution in [-0.2, 0) is 9.53 Å². The number of carbonyl (C=O) groups excluding carboxylic acids is 1. The molecule has 0 saturated carbocycles. The molecule has 0 N–H and O–H groups in total. The Balaban J connectivity index is 2.02. The molecule has 0 spiro atoms. The molecule has 0 unspecified atom stereocenters. The van der Waals surface area contributed by atoms with Crippen LogP contribution in [0.15, 0.2) is 51.7 Å². The van der Waals surface area contributed by atoms with Crippen LogP contribution in [0.2, 0.25) is 0 Å². The summed E-state index contributed by atoms with van der Waals surface area (Å²) in [6.07, 6.45) is -0.165. The summed E-state index contributed by atoms with van der Waals surface area (Å²) < 4.78 is 6.69. The fraction of sp³-hybridized carbons (Fsp3) is 0.235. The molecule has 0 aliphatic heterocycles. The number of nitrogens with zero attached hydrogens (tertiary/aromatic N) is 2. The Bertz CT molecular complexity index is 916. The number of hydrogen-bond donors (Lipinski definition) is 0. The van der Waals surface area contributed by atoms with Gasteiger partial charge in [-0.25, -0.2) is 4.98 Å². The first-order chi connectivity index (χ1) is 11.6. The zero-order chi connectivity index (χ0) is 17.1. The van der Waals surface area contributed by atoms with E-state index in [1.165, 1.54) is 23.1 Å². The zero-order valence-electron chi connectivity index (χ0n) is 13.3. The lowest BCUT2D eigenvalue weighted by Gasteiger charge is -2.12. The Kier molecular flexibility index (Phi) is 5.01. The van der Waals surface area contributed by atoms with Gasteiger partial charge >= 0.3 is 5.97 Å². The van der Waals surface area contributed by atoms with E-state index in [2.05, 4.69) is 4.98 Å². The maximum Gasteiger partial charge on any atom is 0.316 e. The summed E-state index contributed by atoms with van der Waals surface area (Å²) in [4.78, 5) is 29.9. The second kappa shape index (κ2) is 7.19. The van der Waals surface area contributed by atoms with Crippen LogP contribution in [-0.4, -0.2) is 27.4 Å². The molecule has 0 atom stereocenters. The average molecular weight is 360 g/mol. The van der Waals surface area contributed by atoms with Crippen molar-refractivity contribution in [3.05, 3.63) is 52.1 Å². The zero-order valence-corrected chi connectivity index (χ0v) is 14.9. The van der Waals surface area contributed by atoms with Gasteiger partial charge in [0.2, 0.25) is 0 Å². The number of thioether (sulfide) groups is 1. The van der Waals surface area contributed by atoms with Crippen molar-refractivity contribution in [2.45, 2.75) is 25.1 Å². The standard InChI is InChI=1S/C17H16N2O3S2/c1-11(2)22-14(20)10-24-17-18-15-13(8-9-23-15)16(21)19(17)12-6-4-3-5-7-12/h3-9,11H,10H2,1-2H3. The lowest BCUT2D eigenvalue weighted by atomic mass is 10.3. The molecule has 0 bridgehead atoms. The topological polar surface area (TPSA) is 61.2 Å². The Labute approximate surface area is 147 Å². The van der Waals surface area contributed by atoms with Gasteiger partial charge in [0, 0.05) is 0 Å². The van der Waals surface area contributed by atoms with Crippen LogP contribution >= 0.6 is 23.1 Å². The predicted octanol–water partition coefficient (Wildman–Crippen LogP) is 3.49. The number of esters is 1. The smallest absolute Gasteiger partial charge is 0.316 e. The molecule has 2 heterocycles. The molecule has 0 amide bonds. The van der Waals surface area contributed by atoms with Gasteiger partial charge in [-0.3, -0.25) is 14.2 Å². The molecule has 0 radical (unpaired) electrons. The van der Waals surface area contributed by atoms with Crippen molar-refractivity contribution >= 4 is 39.3 Å². The summed E-state index contributed by atoms with van der Waals surface area (Å²) in [7, 11) is 0. The van der Waals surface area contributed by atoms with Gasteiger partial charge in [-0.05, 0) is 37.4 Å². The molecule has 0 aliphatic rings. The number of aromatic nitrogens is 2. The van der Waals surface area contributed by atoms with Crippen molar-refractivity contribution in [1.82, 2.24) is 9.55 Å². The van der Waals surface area contributed by atoms with E-state index < -0.39 is 0 Å². The number of benzene rings is 1. The summed E-state index contributed by atoms with van der Waals surface area (Å²) in [5.74, 6) is -0.218. The van der Waals surface area contributed by atoms with Crippen LogP contribution < -0.4 is 5.56 Å². The monoisotopic (exact) mass is 360 g/mol. The summed E-state index contributed by atoms with van der Waals surface area (Å²) in [6, 6.07) is 11.1. The number of rotatable bonds is 5. The van der Waals surface area contributed by atoms with Gasteiger partial charge in [0.1, 0.15) is 4.83 Å². The van der Waals surface area contributed by atoms with E-state index in [9.17, 15) is 9.59 Å². The van der Waals surface area contributed by atoms with Gasteiger partial charge in [-0.1, -0.05) is 30.0 Å². The highest BCUT2D eigenvalue weighted by molar-refractivity contribution is 7.99. The molecular formula is C17H16N2O3S2. The lowest BCUT2D eigenvalue weighted by Crippen LogP contribution is -2.22. The van der Waals surface area contributed by atoms with Gasteiger partial charge in [-0.2, -0.15) is 0 Å². The molecule has 124 valence electrons. The first kappa shape index (κ1) is 16.7. The van der Waals surface area contributed by atoms with Gasteiger partial charge in [-0.15, -0.1) is 11.3 Å². The van der Waals surface area contributed by atoms with Crippen molar-refractivity contribution in [2.24, 2.45) is 0 Å². The predicted molar refractivity (Wildman–Crippen MR) is 97.2 cm³/mol. The fourth-order valence-corrected chi connectivity index (χ4v) is 3.82. The van der Waals surface area contributed by atoms with E-state index in [4.69, 9.17) is 4.74 Å². The quantitative estimate of drug-likeness (QED) is 0.396. The molecule has 7 heteroatoms. The first-order valence-corrected chi connectivity index (χ1v) is 9.30. The van der Waals surface area contributed by atoms with Gasteiger partial charge in [0.15, 0.2) is 5.16 Å². The van der Waals surface area contributed by atoms with Crippen molar-refractivity contribution in [3.8, 4) is 5.69 Å². The molecule has 3 aromatic rings. The second-order valence-electron chi connectivity index (χ2n) is 5.34. The van der Waals surface area contributed by atoms with Crippen molar-refractivity contribution in [2.75, 3.05) is 5.75 Å². The molecule has 3 rings (SSSR count). The van der Waals surface area contributed by atoms with E-state index in [0.717, 1.165) is 5.69 Å². The average Bonchev–Trinajstić information content (AvgIpc) is 3.02. The maximum absolute atomic E-state index is 12.8. The molecular weight excluding hydrogens is 344 g/mol. The summed E-state index contributed by atoms with van der Waals surface area (Å²) in [6.45, 7) is 3.61. The third-order valence-electron chi connectivity index (χ3n) is 3.17. The molecule has 5 nitrogen and oxygen atoms in total. The van der Waals surface area contributed by atoms with Crippen LogP contribution in [0.4, 0.5) is 0 Å². The number of para-hydroxylation sites is 1. The normalized spacial score (nSPS) is 11.1. The highest BCUT2D eigenvalue weighted by atomic mass is 32.2. The summed E-state index contributed by atoms with van der Waals surface area (Å²) in [5, 5.41) is 2.91. The number of ether oxygens (including phenoxy) is 1. The molecule has 0 fully saturated rings. The Morgan fingerprint density at radius 2 is 2.04 bits per heavy atom. The number of thiophene rings is 1. The first-order valence-electron chi connectivity index (χ1n) is 7.44. The van der Waals surface area contributed by atoms with Crippen molar-refractivity contribution < 1.29 is 9.53 Å². The van der Waals surface area contributed by atoms with Crippen LogP contribution in [0, 0.1) is 0 Å². The number of hydrogen-bond acceptors (Lipinski definition) is 6. The van der Waals surface area contributed by atoms with Crippen molar-refractivity contribution in [1.29, 1.82) is 0 Å². The third kappa shape index (κ3) is 3.52. The van der Waals surface area contributed by atoms with Crippen LogP contribution in [0.3, 0.4) is 0 Å². The van der Waals surface area contributed by atoms with E-state index in [0.29, 0.717) is 15.4 Å². The van der Waals surface area contributed by atoms with E-state index in [1.54, 1.807) is 24.5 Å². The van der Waals surface area contributed by atoms with Gasteiger partial charge in [0.05, 0.1) is 22.9 Å². The number of fused-ring (bicyclic) bond motifs is 1. The lowest BCUT2D eigenvalue weighted by molar-refractivity contribution is -0.144. The Morgan fingerprint density at radius 1 is 1.29 bits per heavy atom. The highest BCUT2D eigenvalue weighted by Gasteiger charge is 2.16. The third-order valence-corrected chi connectivity index (χ3v) is 4.89. The molecule has 24 heavy (non-hydrogen) atoms. The molecule has 2 aromatic heterocycles. The molecule has 1 aromatic carbocycles. The number of carbonyl (C=O) groups is 1. The highest BCUT2D eigenvalue weighted by Crippen LogP contribution is 2.23. The summed E-state index contributed by atoms with van der Waals surface area (Å²) in [5.41, 5.74) is 0.593. The second-order valence-corrected chi connectivity index (χ2v) is 7.17. The van der Waals surface area contributed by atoms with Crippen LogP contribution in [0.25, 0.3) is 15.9 Å².